The van der Waals surface area contributed by atoms with Crippen LogP contribution in [-0.2, 0) is 0 Å². The van der Waals surface area contributed by atoms with Gasteiger partial charge >= 0.3 is 0 Å². The quantitative estimate of drug-likeness (QED) is 0.777. The molecule has 2 aromatic heterocycles. The minimum absolute atomic E-state index is 0.156. The first-order valence-corrected chi connectivity index (χ1v) is 7.87. The van der Waals surface area contributed by atoms with Gasteiger partial charge in [-0.2, -0.15) is 4.98 Å². The monoisotopic (exact) mass is 329 g/mol. The third-order valence-electron chi connectivity index (χ3n) is 3.25. The number of benzene rings is 1. The number of amides is 1. The summed E-state index contributed by atoms with van der Waals surface area (Å²) in [5.41, 5.74) is 0.817. The van der Waals surface area contributed by atoms with Gasteiger partial charge in [0.25, 0.3) is 5.91 Å². The van der Waals surface area contributed by atoms with Crippen molar-refractivity contribution in [3.63, 3.8) is 0 Å². The van der Waals surface area contributed by atoms with Crippen LogP contribution in [0.4, 0.5) is 0 Å². The van der Waals surface area contributed by atoms with Gasteiger partial charge in [-0.05, 0) is 42.6 Å². The number of methoxy groups -OCH3 is 1. The molecule has 1 N–H and O–H groups in total. The maximum Gasteiger partial charge on any atom is 0.261 e. The van der Waals surface area contributed by atoms with Crippen LogP contribution in [0.2, 0.25) is 0 Å². The molecule has 0 fully saturated rings. The minimum Gasteiger partial charge on any atom is -0.497 e. The first-order valence-electron chi connectivity index (χ1n) is 7.00. The second-order valence-electron chi connectivity index (χ2n) is 4.86. The molecule has 7 heteroatoms. The largest absolute Gasteiger partial charge is 0.497 e. The summed E-state index contributed by atoms with van der Waals surface area (Å²) < 4.78 is 10.4. The number of carbonyl (C=O) groups is 1. The van der Waals surface area contributed by atoms with Crippen molar-refractivity contribution < 1.29 is 14.1 Å². The molecule has 23 heavy (non-hydrogen) atoms. The number of rotatable bonds is 5. The van der Waals surface area contributed by atoms with Gasteiger partial charge in [-0.1, -0.05) is 11.2 Å². The SMILES string of the molecule is COc1ccc(-c2noc([C@@H](C)NC(=O)c3cccs3)n2)cc1. The molecule has 0 radical (unpaired) electrons. The number of carbonyl (C=O) groups excluding carboxylic acids is 1. The van der Waals surface area contributed by atoms with E-state index < -0.39 is 0 Å². The Labute approximate surface area is 137 Å². The summed E-state index contributed by atoms with van der Waals surface area (Å²) in [5.74, 6) is 1.44. The van der Waals surface area contributed by atoms with Gasteiger partial charge in [-0.15, -0.1) is 11.3 Å². The Bertz CT molecular complexity index is 781. The maximum atomic E-state index is 12.0. The Morgan fingerprint density at radius 2 is 2.09 bits per heavy atom. The van der Waals surface area contributed by atoms with E-state index in [9.17, 15) is 4.79 Å². The first kappa shape index (κ1) is 15.2. The standard InChI is InChI=1S/C16H15N3O3S/c1-10(17-15(20)13-4-3-9-23-13)16-18-14(19-22-16)11-5-7-12(21-2)8-6-11/h3-10H,1-2H3,(H,17,20)/t10-/m1/s1. The number of aromatic nitrogens is 2. The van der Waals surface area contributed by atoms with Crippen LogP contribution < -0.4 is 10.1 Å². The Kier molecular flexibility index (Phi) is 4.38. The lowest BCUT2D eigenvalue weighted by molar-refractivity contribution is 0.0936. The lowest BCUT2D eigenvalue weighted by atomic mass is 10.2. The second kappa shape index (κ2) is 6.62. The van der Waals surface area contributed by atoms with Crippen LogP contribution in [0.5, 0.6) is 5.75 Å². The summed E-state index contributed by atoms with van der Waals surface area (Å²) in [6.07, 6.45) is 0. The van der Waals surface area contributed by atoms with Crippen LogP contribution in [0.1, 0.15) is 28.5 Å². The van der Waals surface area contributed by atoms with Gasteiger partial charge in [0.15, 0.2) is 0 Å². The third kappa shape index (κ3) is 3.40. The van der Waals surface area contributed by atoms with Gasteiger partial charge in [0, 0.05) is 5.56 Å². The molecule has 1 atom stereocenters. The van der Waals surface area contributed by atoms with Crippen LogP contribution in [0.3, 0.4) is 0 Å². The fourth-order valence-electron chi connectivity index (χ4n) is 2.01. The van der Waals surface area contributed by atoms with E-state index in [2.05, 4.69) is 15.5 Å². The molecule has 1 amide bonds. The van der Waals surface area contributed by atoms with E-state index in [0.29, 0.717) is 16.6 Å². The lowest BCUT2D eigenvalue weighted by Gasteiger charge is -2.07. The molecule has 0 saturated heterocycles. The van der Waals surface area contributed by atoms with E-state index in [1.54, 1.807) is 20.1 Å². The zero-order valence-corrected chi connectivity index (χ0v) is 13.5. The van der Waals surface area contributed by atoms with Gasteiger partial charge in [0.2, 0.25) is 11.7 Å². The normalized spacial score (nSPS) is 11.9. The predicted octanol–water partition coefficient (Wildman–Crippen LogP) is 3.30. The summed E-state index contributed by atoms with van der Waals surface area (Å²) in [6.45, 7) is 1.80. The van der Waals surface area contributed by atoms with Crippen LogP contribution in [0.15, 0.2) is 46.3 Å². The molecule has 0 aliphatic heterocycles. The molecular weight excluding hydrogens is 314 g/mol. The van der Waals surface area contributed by atoms with E-state index in [1.165, 1.54) is 11.3 Å². The van der Waals surface area contributed by atoms with Crippen LogP contribution >= 0.6 is 11.3 Å². The smallest absolute Gasteiger partial charge is 0.261 e. The van der Waals surface area contributed by atoms with Crippen molar-refractivity contribution in [3.05, 3.63) is 52.5 Å². The topological polar surface area (TPSA) is 77.3 Å². The molecule has 0 saturated carbocycles. The Morgan fingerprint density at radius 3 is 2.74 bits per heavy atom. The van der Waals surface area contributed by atoms with Crippen LogP contribution in [0, 0.1) is 0 Å². The number of ether oxygens (including phenoxy) is 1. The molecule has 0 aliphatic carbocycles. The zero-order chi connectivity index (χ0) is 16.2. The molecule has 0 unspecified atom stereocenters. The molecule has 118 valence electrons. The Hall–Kier alpha value is -2.67. The van der Waals surface area contributed by atoms with Gasteiger partial charge in [0.1, 0.15) is 11.8 Å². The molecule has 3 aromatic rings. The average Bonchev–Trinajstić information content (AvgIpc) is 3.26. The van der Waals surface area contributed by atoms with E-state index in [1.807, 2.05) is 35.7 Å². The van der Waals surface area contributed by atoms with E-state index in [4.69, 9.17) is 9.26 Å². The van der Waals surface area contributed by atoms with Gasteiger partial charge < -0.3 is 14.6 Å². The van der Waals surface area contributed by atoms with Crippen LogP contribution in [-0.4, -0.2) is 23.2 Å². The van der Waals surface area contributed by atoms with Crippen molar-refractivity contribution in [2.45, 2.75) is 13.0 Å². The number of nitrogens with one attached hydrogen (secondary N) is 1. The molecule has 3 rings (SSSR count). The van der Waals surface area contributed by atoms with E-state index >= 15 is 0 Å². The lowest BCUT2D eigenvalue weighted by Crippen LogP contribution is -2.26. The highest BCUT2D eigenvalue weighted by Gasteiger charge is 2.18. The van der Waals surface area contributed by atoms with Gasteiger partial charge in [-0.25, -0.2) is 0 Å². The number of hydrogen-bond acceptors (Lipinski definition) is 6. The highest BCUT2D eigenvalue weighted by molar-refractivity contribution is 7.12. The maximum absolute atomic E-state index is 12.0. The van der Waals surface area contributed by atoms with E-state index in [-0.39, 0.29) is 11.9 Å². The third-order valence-corrected chi connectivity index (χ3v) is 4.12. The highest BCUT2D eigenvalue weighted by Crippen LogP contribution is 2.21. The Balaban J connectivity index is 1.71. The van der Waals surface area contributed by atoms with Crippen LogP contribution in [0.25, 0.3) is 11.4 Å². The summed E-state index contributed by atoms with van der Waals surface area (Å²) in [5, 5.41) is 8.65. The Morgan fingerprint density at radius 1 is 1.30 bits per heavy atom. The van der Waals surface area contributed by atoms with Crippen molar-refractivity contribution in [3.8, 4) is 17.1 Å². The molecular formula is C16H15N3O3S. The molecule has 1 aromatic carbocycles. The number of hydrogen-bond donors (Lipinski definition) is 1. The summed E-state index contributed by atoms with van der Waals surface area (Å²) in [6, 6.07) is 10.6. The van der Waals surface area contributed by atoms with Crippen molar-refractivity contribution in [2.24, 2.45) is 0 Å². The van der Waals surface area contributed by atoms with Gasteiger partial charge in [-0.3, -0.25) is 4.79 Å². The first-order chi connectivity index (χ1) is 11.2. The predicted molar refractivity (Wildman–Crippen MR) is 86.5 cm³/mol. The van der Waals surface area contributed by atoms with E-state index in [0.717, 1.165) is 11.3 Å². The minimum atomic E-state index is -0.371. The highest BCUT2D eigenvalue weighted by atomic mass is 32.1. The van der Waals surface area contributed by atoms with Crippen molar-refractivity contribution >= 4 is 17.2 Å². The molecule has 0 spiro atoms. The van der Waals surface area contributed by atoms with Crippen molar-refractivity contribution in [2.75, 3.05) is 7.11 Å². The molecule has 2 heterocycles. The average molecular weight is 329 g/mol. The summed E-state index contributed by atoms with van der Waals surface area (Å²) in [7, 11) is 1.61. The van der Waals surface area contributed by atoms with Crippen molar-refractivity contribution in [1.82, 2.24) is 15.5 Å². The molecule has 0 aliphatic rings. The van der Waals surface area contributed by atoms with Gasteiger partial charge in [0.05, 0.1) is 12.0 Å². The second-order valence-corrected chi connectivity index (χ2v) is 5.80. The molecule has 0 bridgehead atoms. The fraction of sp³-hybridized carbons (Fsp3) is 0.188. The summed E-state index contributed by atoms with van der Waals surface area (Å²) in [4.78, 5) is 17.0. The fourth-order valence-corrected chi connectivity index (χ4v) is 2.63. The summed E-state index contributed by atoms with van der Waals surface area (Å²) >= 11 is 1.38. The number of thiophene rings is 1. The zero-order valence-electron chi connectivity index (χ0n) is 12.6. The van der Waals surface area contributed by atoms with Crippen molar-refractivity contribution in [1.29, 1.82) is 0 Å². The molecule has 6 nitrogen and oxygen atoms in total. The number of nitrogens with zero attached hydrogens (tertiary/aromatic N) is 2.